The van der Waals surface area contributed by atoms with E-state index in [0.29, 0.717) is 0 Å². The maximum absolute atomic E-state index is 11.5. The molecule has 0 amide bonds. The summed E-state index contributed by atoms with van der Waals surface area (Å²) in [5, 5.41) is 30.8. The third kappa shape index (κ3) is 2.14. The molecule has 8 nitrogen and oxygen atoms in total. The minimum Gasteiger partial charge on any atom is -0.395 e. The molecule has 0 aliphatic carbocycles. The molecule has 17 heavy (non-hydrogen) atoms. The van der Waals surface area contributed by atoms with Gasteiger partial charge in [0, 0.05) is 0 Å². The van der Waals surface area contributed by atoms with Crippen LogP contribution in [0.4, 0.5) is 5.82 Å². The summed E-state index contributed by atoms with van der Waals surface area (Å²) < 4.78 is 0.949. The Balaban J connectivity index is 2.32. The van der Waals surface area contributed by atoms with Gasteiger partial charge in [0.15, 0.2) is 0 Å². The van der Waals surface area contributed by atoms with Crippen LogP contribution in [0, 0.1) is 0 Å². The van der Waals surface area contributed by atoms with Gasteiger partial charge in [-0.15, -0.1) is 11.8 Å². The summed E-state index contributed by atoms with van der Waals surface area (Å²) in [6.45, 7) is -0.295. The zero-order chi connectivity index (χ0) is 12.6. The van der Waals surface area contributed by atoms with Gasteiger partial charge in [-0.25, -0.2) is 4.79 Å². The number of hydrogen-bond acceptors (Lipinski definition) is 8. The van der Waals surface area contributed by atoms with Crippen LogP contribution < -0.4 is 11.4 Å². The van der Waals surface area contributed by atoms with E-state index in [1.807, 2.05) is 0 Å². The second kappa shape index (κ2) is 4.61. The lowest BCUT2D eigenvalue weighted by atomic mass is 10.1. The standard InChI is InChI=1S/C8H12N4O4S/c9-4-1-10-12(8(16)11-4)7-6(15)5(14)3(2-13)17-7/h1,3,5-7,13-15H,2H2,(H2,9,11,16)/t3-,5-,6+,7-/m1/s1. The number of aromatic nitrogens is 3. The van der Waals surface area contributed by atoms with E-state index in [4.69, 9.17) is 10.8 Å². The molecular weight excluding hydrogens is 248 g/mol. The van der Waals surface area contributed by atoms with Crippen LogP contribution in [0.25, 0.3) is 0 Å². The first kappa shape index (κ1) is 12.3. The number of nitrogens with two attached hydrogens (primary N) is 1. The van der Waals surface area contributed by atoms with E-state index in [1.54, 1.807) is 0 Å². The minimum atomic E-state index is -1.19. The van der Waals surface area contributed by atoms with Crippen molar-refractivity contribution in [2.24, 2.45) is 0 Å². The van der Waals surface area contributed by atoms with E-state index in [9.17, 15) is 15.0 Å². The Bertz CT molecular complexity index is 467. The summed E-state index contributed by atoms with van der Waals surface area (Å²) in [4.78, 5) is 15.0. The number of thioether (sulfide) groups is 1. The highest BCUT2D eigenvalue weighted by Crippen LogP contribution is 2.40. The van der Waals surface area contributed by atoms with Gasteiger partial charge in [0.1, 0.15) is 17.3 Å². The Hall–Kier alpha value is -1.16. The van der Waals surface area contributed by atoms with Gasteiger partial charge >= 0.3 is 5.69 Å². The number of nitrogens with zero attached hydrogens (tertiary/aromatic N) is 3. The molecule has 0 bridgehead atoms. The van der Waals surface area contributed by atoms with E-state index in [1.165, 1.54) is 6.20 Å². The number of nitrogen functional groups attached to an aromatic ring is 1. The average molecular weight is 260 g/mol. The third-order valence-electron chi connectivity index (χ3n) is 2.49. The van der Waals surface area contributed by atoms with Gasteiger partial charge in [0.05, 0.1) is 24.2 Å². The average Bonchev–Trinajstić information content (AvgIpc) is 2.57. The van der Waals surface area contributed by atoms with E-state index in [0.717, 1.165) is 16.4 Å². The minimum absolute atomic E-state index is 0.0111. The molecule has 0 aromatic carbocycles. The molecule has 0 radical (unpaired) electrons. The van der Waals surface area contributed by atoms with Crippen LogP contribution in [-0.4, -0.2) is 54.1 Å². The maximum atomic E-state index is 11.5. The summed E-state index contributed by atoms with van der Waals surface area (Å²) in [6.07, 6.45) is -1.11. The number of anilines is 1. The van der Waals surface area contributed by atoms with Crippen molar-refractivity contribution in [3.63, 3.8) is 0 Å². The smallest absolute Gasteiger partial charge is 0.367 e. The Morgan fingerprint density at radius 3 is 2.71 bits per heavy atom. The van der Waals surface area contributed by atoms with E-state index in [-0.39, 0.29) is 12.4 Å². The second-order valence-corrected chi connectivity index (χ2v) is 5.00. The first-order valence-electron chi connectivity index (χ1n) is 4.88. The Morgan fingerprint density at radius 1 is 1.47 bits per heavy atom. The van der Waals surface area contributed by atoms with Crippen LogP contribution in [-0.2, 0) is 0 Å². The first-order chi connectivity index (χ1) is 8.04. The molecule has 1 saturated heterocycles. The van der Waals surface area contributed by atoms with Gasteiger partial charge < -0.3 is 21.1 Å². The molecule has 4 atom stereocenters. The fourth-order valence-corrected chi connectivity index (χ4v) is 2.97. The highest BCUT2D eigenvalue weighted by Gasteiger charge is 2.43. The maximum Gasteiger partial charge on any atom is 0.367 e. The molecule has 94 valence electrons. The number of aliphatic hydroxyl groups excluding tert-OH is 3. The third-order valence-corrected chi connectivity index (χ3v) is 4.03. The van der Waals surface area contributed by atoms with E-state index >= 15 is 0 Å². The monoisotopic (exact) mass is 260 g/mol. The van der Waals surface area contributed by atoms with Crippen LogP contribution in [0.3, 0.4) is 0 Å². The van der Waals surface area contributed by atoms with Crippen molar-refractivity contribution in [3.8, 4) is 0 Å². The molecule has 5 N–H and O–H groups in total. The van der Waals surface area contributed by atoms with E-state index < -0.39 is 28.5 Å². The quantitative estimate of drug-likeness (QED) is 0.460. The Morgan fingerprint density at radius 2 is 2.18 bits per heavy atom. The molecule has 9 heteroatoms. The van der Waals surface area contributed by atoms with Crippen LogP contribution >= 0.6 is 11.8 Å². The summed E-state index contributed by atoms with van der Waals surface area (Å²) >= 11 is 1.07. The molecule has 1 aromatic rings. The predicted molar refractivity (Wildman–Crippen MR) is 60.2 cm³/mol. The van der Waals surface area contributed by atoms with E-state index in [2.05, 4.69) is 10.1 Å². The van der Waals surface area contributed by atoms with Crippen molar-refractivity contribution in [1.82, 2.24) is 14.8 Å². The fourth-order valence-electron chi connectivity index (χ4n) is 1.62. The lowest BCUT2D eigenvalue weighted by Gasteiger charge is -2.15. The van der Waals surface area contributed by atoms with Crippen LogP contribution in [0.15, 0.2) is 11.0 Å². The van der Waals surface area contributed by atoms with Gasteiger partial charge in [-0.2, -0.15) is 14.8 Å². The molecule has 1 fully saturated rings. The van der Waals surface area contributed by atoms with Crippen molar-refractivity contribution < 1.29 is 15.3 Å². The van der Waals surface area contributed by atoms with Crippen molar-refractivity contribution in [3.05, 3.63) is 16.7 Å². The summed E-state index contributed by atoms with van der Waals surface area (Å²) in [6, 6.07) is 0. The molecule has 1 aromatic heterocycles. The molecule has 0 saturated carbocycles. The molecule has 0 unspecified atom stereocenters. The molecule has 2 heterocycles. The summed E-state index contributed by atoms with van der Waals surface area (Å²) in [7, 11) is 0. The van der Waals surface area contributed by atoms with Crippen molar-refractivity contribution in [1.29, 1.82) is 0 Å². The lowest BCUT2D eigenvalue weighted by Crippen LogP contribution is -2.37. The zero-order valence-electron chi connectivity index (χ0n) is 8.67. The second-order valence-electron chi connectivity index (χ2n) is 3.64. The molecule has 2 rings (SSSR count). The predicted octanol–water partition coefficient (Wildman–Crippen LogP) is -2.45. The Labute approximate surface area is 100 Å². The van der Waals surface area contributed by atoms with Gasteiger partial charge in [-0.3, -0.25) is 0 Å². The Kier molecular flexibility index (Phi) is 3.33. The van der Waals surface area contributed by atoms with Crippen LogP contribution in [0.5, 0.6) is 0 Å². The van der Waals surface area contributed by atoms with Crippen molar-refractivity contribution in [2.75, 3.05) is 12.3 Å². The normalized spacial score (nSPS) is 32.9. The van der Waals surface area contributed by atoms with Gasteiger partial charge in [-0.05, 0) is 0 Å². The van der Waals surface area contributed by atoms with Crippen molar-refractivity contribution in [2.45, 2.75) is 22.8 Å². The molecule has 0 spiro atoms. The lowest BCUT2D eigenvalue weighted by molar-refractivity contribution is 0.00812. The highest BCUT2D eigenvalue weighted by atomic mass is 32.2. The van der Waals surface area contributed by atoms with Crippen LogP contribution in [0.1, 0.15) is 5.37 Å². The topological polar surface area (TPSA) is 134 Å². The molecular formula is C8H12N4O4S. The zero-order valence-corrected chi connectivity index (χ0v) is 9.49. The van der Waals surface area contributed by atoms with Gasteiger partial charge in [-0.1, -0.05) is 0 Å². The highest BCUT2D eigenvalue weighted by molar-refractivity contribution is 8.00. The van der Waals surface area contributed by atoms with Crippen molar-refractivity contribution >= 4 is 17.6 Å². The largest absolute Gasteiger partial charge is 0.395 e. The summed E-state index contributed by atoms with van der Waals surface area (Å²) in [5.74, 6) is -0.0111. The van der Waals surface area contributed by atoms with Gasteiger partial charge in [0.2, 0.25) is 0 Å². The number of rotatable bonds is 2. The van der Waals surface area contributed by atoms with Crippen LogP contribution in [0.2, 0.25) is 0 Å². The van der Waals surface area contributed by atoms with Gasteiger partial charge in [0.25, 0.3) is 0 Å². The fraction of sp³-hybridized carbons (Fsp3) is 0.625. The molecule has 1 aliphatic heterocycles. The molecule has 1 aliphatic rings. The first-order valence-corrected chi connectivity index (χ1v) is 5.82. The number of hydrogen-bond donors (Lipinski definition) is 4. The number of aliphatic hydroxyl groups is 3. The SMILES string of the molecule is Nc1cnn([C@@H]2S[C@H](CO)[C@@H](O)[C@@H]2O)c(=O)n1. The summed E-state index contributed by atoms with van der Waals surface area (Å²) in [5.41, 5.74) is 4.59.